The van der Waals surface area contributed by atoms with Crippen LogP contribution in [0.1, 0.15) is 5.01 Å². The molecule has 0 N–H and O–H groups in total. The van der Waals surface area contributed by atoms with Gasteiger partial charge in [-0.25, -0.2) is 0 Å². The monoisotopic (exact) mass is 211 g/mol. The molecule has 0 saturated carbocycles. The van der Waals surface area contributed by atoms with Gasteiger partial charge in [0.15, 0.2) is 0 Å². The van der Waals surface area contributed by atoms with Crippen molar-refractivity contribution in [1.82, 2.24) is 15.2 Å². The van der Waals surface area contributed by atoms with E-state index in [0.717, 1.165) is 15.6 Å². The maximum absolute atomic E-state index is 5.62. The fourth-order valence-corrected chi connectivity index (χ4v) is 1.81. The van der Waals surface area contributed by atoms with E-state index in [9.17, 15) is 0 Å². The summed E-state index contributed by atoms with van der Waals surface area (Å²) in [5.41, 5.74) is 0.983. The number of hydrogen-bond acceptors (Lipinski definition) is 4. The Labute approximate surface area is 84.4 Å². The van der Waals surface area contributed by atoms with E-state index in [-0.39, 0.29) is 0 Å². The van der Waals surface area contributed by atoms with Crippen molar-refractivity contribution in [3.05, 3.63) is 29.5 Å². The van der Waals surface area contributed by atoms with Crippen LogP contribution in [-0.2, 0) is 5.88 Å². The molecular weight excluding hydrogens is 206 g/mol. The molecule has 0 atom stereocenters. The van der Waals surface area contributed by atoms with Gasteiger partial charge in [-0.15, -0.1) is 21.8 Å². The third-order valence-electron chi connectivity index (χ3n) is 1.49. The van der Waals surface area contributed by atoms with E-state index in [4.69, 9.17) is 11.6 Å². The molecule has 2 aromatic rings. The standard InChI is InChI=1S/C8H6ClN3S/c9-4-7-11-12-8(13-7)6-2-1-3-10-5-6/h1-3,5H,4H2. The quantitative estimate of drug-likeness (QED) is 0.716. The third-order valence-corrected chi connectivity index (χ3v) is 2.87. The highest BCUT2D eigenvalue weighted by atomic mass is 35.5. The maximum atomic E-state index is 5.62. The van der Waals surface area contributed by atoms with E-state index in [1.165, 1.54) is 11.3 Å². The lowest BCUT2D eigenvalue weighted by Crippen LogP contribution is -1.77. The van der Waals surface area contributed by atoms with Crippen molar-refractivity contribution in [3.8, 4) is 10.6 Å². The van der Waals surface area contributed by atoms with Crippen molar-refractivity contribution >= 4 is 22.9 Å². The SMILES string of the molecule is ClCc1nnc(-c2cccnc2)s1. The van der Waals surface area contributed by atoms with E-state index in [1.807, 2.05) is 12.1 Å². The van der Waals surface area contributed by atoms with Crippen molar-refractivity contribution in [1.29, 1.82) is 0 Å². The van der Waals surface area contributed by atoms with Gasteiger partial charge < -0.3 is 0 Å². The van der Waals surface area contributed by atoms with Crippen molar-refractivity contribution < 1.29 is 0 Å². The van der Waals surface area contributed by atoms with Crippen LogP contribution in [0.4, 0.5) is 0 Å². The molecule has 0 spiro atoms. The number of nitrogens with zero attached hydrogens (tertiary/aromatic N) is 3. The average molecular weight is 212 g/mol. The van der Waals surface area contributed by atoms with E-state index in [2.05, 4.69) is 15.2 Å². The Hall–Kier alpha value is -1.00. The first-order valence-corrected chi connectivity index (χ1v) is 5.04. The van der Waals surface area contributed by atoms with Gasteiger partial charge in [0, 0.05) is 18.0 Å². The van der Waals surface area contributed by atoms with Gasteiger partial charge in [0.25, 0.3) is 0 Å². The average Bonchev–Trinajstić information content (AvgIpc) is 2.67. The molecule has 0 aromatic carbocycles. The summed E-state index contributed by atoms with van der Waals surface area (Å²) in [4.78, 5) is 4.00. The van der Waals surface area contributed by atoms with Crippen molar-refractivity contribution in [2.45, 2.75) is 5.88 Å². The maximum Gasteiger partial charge on any atom is 0.149 e. The van der Waals surface area contributed by atoms with E-state index in [0.29, 0.717) is 5.88 Å². The molecule has 0 bridgehead atoms. The zero-order chi connectivity index (χ0) is 9.10. The third kappa shape index (κ3) is 1.84. The fourth-order valence-electron chi connectivity index (χ4n) is 0.914. The van der Waals surface area contributed by atoms with Crippen LogP contribution in [0.15, 0.2) is 24.5 Å². The molecule has 5 heteroatoms. The van der Waals surface area contributed by atoms with Gasteiger partial charge in [0.05, 0.1) is 5.88 Å². The van der Waals surface area contributed by atoms with Crippen molar-refractivity contribution in [3.63, 3.8) is 0 Å². The van der Waals surface area contributed by atoms with Crippen LogP contribution in [0.25, 0.3) is 10.6 Å². The Balaban J connectivity index is 2.36. The van der Waals surface area contributed by atoms with Gasteiger partial charge >= 0.3 is 0 Å². The first-order chi connectivity index (χ1) is 6.40. The predicted molar refractivity (Wildman–Crippen MR) is 52.7 cm³/mol. The number of pyridine rings is 1. The number of alkyl halides is 1. The first kappa shape index (κ1) is 8.59. The zero-order valence-electron chi connectivity index (χ0n) is 6.64. The summed E-state index contributed by atoms with van der Waals surface area (Å²) in [7, 11) is 0. The Morgan fingerprint density at radius 2 is 2.31 bits per heavy atom. The summed E-state index contributed by atoms with van der Waals surface area (Å²) >= 11 is 7.11. The lowest BCUT2D eigenvalue weighted by Gasteiger charge is -1.90. The number of hydrogen-bond donors (Lipinski definition) is 0. The minimum atomic E-state index is 0.415. The van der Waals surface area contributed by atoms with Crippen LogP contribution in [-0.4, -0.2) is 15.2 Å². The van der Waals surface area contributed by atoms with Crippen molar-refractivity contribution in [2.24, 2.45) is 0 Å². The van der Waals surface area contributed by atoms with Gasteiger partial charge in [-0.05, 0) is 12.1 Å². The summed E-state index contributed by atoms with van der Waals surface area (Å²) < 4.78 is 0. The molecule has 0 unspecified atom stereocenters. The van der Waals surface area contributed by atoms with Crippen LogP contribution in [0.5, 0.6) is 0 Å². The molecule has 2 heterocycles. The van der Waals surface area contributed by atoms with Crippen LogP contribution >= 0.6 is 22.9 Å². The lowest BCUT2D eigenvalue weighted by atomic mass is 10.3. The number of rotatable bonds is 2. The highest BCUT2D eigenvalue weighted by Gasteiger charge is 2.04. The molecular formula is C8H6ClN3S. The predicted octanol–water partition coefficient (Wildman–Crippen LogP) is 2.34. The summed E-state index contributed by atoms with van der Waals surface area (Å²) in [6.07, 6.45) is 3.49. The summed E-state index contributed by atoms with van der Waals surface area (Å²) in [5, 5.41) is 9.62. The molecule has 0 aliphatic rings. The Kier molecular flexibility index (Phi) is 2.52. The van der Waals surface area contributed by atoms with Crippen LogP contribution < -0.4 is 0 Å². The highest BCUT2D eigenvalue weighted by Crippen LogP contribution is 2.22. The smallest absolute Gasteiger partial charge is 0.149 e. The van der Waals surface area contributed by atoms with Gasteiger partial charge in [0.2, 0.25) is 0 Å². The second-order valence-electron chi connectivity index (χ2n) is 2.38. The van der Waals surface area contributed by atoms with E-state index >= 15 is 0 Å². The summed E-state index contributed by atoms with van der Waals surface area (Å²) in [6, 6.07) is 3.82. The molecule has 0 amide bonds. The Bertz CT molecular complexity index is 387. The van der Waals surface area contributed by atoms with Gasteiger partial charge in [-0.3, -0.25) is 4.98 Å². The number of halogens is 1. The van der Waals surface area contributed by atoms with Gasteiger partial charge in [-0.2, -0.15) is 0 Å². The molecule has 0 saturated heterocycles. The Morgan fingerprint density at radius 3 is 2.92 bits per heavy atom. The fraction of sp³-hybridized carbons (Fsp3) is 0.125. The molecule has 0 aliphatic carbocycles. The topological polar surface area (TPSA) is 38.7 Å². The molecule has 0 fully saturated rings. The second-order valence-corrected chi connectivity index (χ2v) is 3.71. The molecule has 0 aliphatic heterocycles. The highest BCUT2D eigenvalue weighted by molar-refractivity contribution is 7.14. The van der Waals surface area contributed by atoms with Crippen LogP contribution in [0.2, 0.25) is 0 Å². The first-order valence-electron chi connectivity index (χ1n) is 3.69. The summed E-state index contributed by atoms with van der Waals surface area (Å²) in [6.45, 7) is 0. The largest absolute Gasteiger partial charge is 0.264 e. The second kappa shape index (κ2) is 3.81. The van der Waals surface area contributed by atoms with Gasteiger partial charge in [0.1, 0.15) is 10.0 Å². The number of aromatic nitrogens is 3. The molecule has 13 heavy (non-hydrogen) atoms. The zero-order valence-corrected chi connectivity index (χ0v) is 8.22. The Morgan fingerprint density at radius 1 is 1.38 bits per heavy atom. The normalized spacial score (nSPS) is 10.2. The molecule has 0 radical (unpaired) electrons. The van der Waals surface area contributed by atoms with E-state index in [1.54, 1.807) is 12.4 Å². The summed E-state index contributed by atoms with van der Waals surface area (Å²) in [5.74, 6) is 0.415. The minimum absolute atomic E-state index is 0.415. The van der Waals surface area contributed by atoms with E-state index < -0.39 is 0 Å². The van der Waals surface area contributed by atoms with Crippen LogP contribution in [0, 0.1) is 0 Å². The molecule has 66 valence electrons. The molecule has 3 nitrogen and oxygen atoms in total. The van der Waals surface area contributed by atoms with Gasteiger partial charge in [-0.1, -0.05) is 11.3 Å². The molecule has 2 aromatic heterocycles. The van der Waals surface area contributed by atoms with Crippen molar-refractivity contribution in [2.75, 3.05) is 0 Å². The molecule has 2 rings (SSSR count). The lowest BCUT2D eigenvalue weighted by molar-refractivity contribution is 1.04. The minimum Gasteiger partial charge on any atom is -0.264 e. The van der Waals surface area contributed by atoms with Crippen LogP contribution in [0.3, 0.4) is 0 Å².